The summed E-state index contributed by atoms with van der Waals surface area (Å²) in [5, 5.41) is 74.2. The number of aliphatic hydroxyl groups is 7. The average Bonchev–Trinajstić information content (AvgIpc) is 3.61. The van der Waals surface area contributed by atoms with Crippen LogP contribution in [-0.2, 0) is 23.7 Å². The maximum absolute atomic E-state index is 13.0. The van der Waals surface area contributed by atoms with Crippen LogP contribution in [0.25, 0.3) is 0 Å². The fourth-order valence-corrected chi connectivity index (χ4v) is 6.09. The van der Waals surface area contributed by atoms with Gasteiger partial charge in [0.2, 0.25) is 0 Å². The second-order valence-corrected chi connectivity index (χ2v) is 12.4. The summed E-state index contributed by atoms with van der Waals surface area (Å²) in [6.45, 7) is -0.500. The van der Waals surface area contributed by atoms with E-state index in [9.17, 15) is 35.4 Å². The summed E-state index contributed by atoms with van der Waals surface area (Å²) < 4.78 is 23.8. The molecule has 2 saturated heterocycles. The van der Waals surface area contributed by atoms with Gasteiger partial charge in [0.05, 0.1) is 43.6 Å². The third-order valence-corrected chi connectivity index (χ3v) is 9.03. The number of nitrogens with two attached hydrogens (primary N) is 4. The highest BCUT2D eigenvalue weighted by molar-refractivity contribution is 5.91. The molecule has 0 aromatic heterocycles. The predicted octanol–water partition coefficient (Wildman–Crippen LogP) is -6.57. The summed E-state index contributed by atoms with van der Waals surface area (Å²) in [6, 6.07) is -3.33. The molecule has 4 aliphatic rings. The Morgan fingerprint density at radius 3 is 2.26 bits per heavy atom. The van der Waals surface area contributed by atoms with Gasteiger partial charge in [-0.25, -0.2) is 0 Å². The molecule has 17 nitrogen and oxygen atoms in total. The Balaban J connectivity index is 1.48. The third-order valence-electron chi connectivity index (χ3n) is 9.03. The first kappa shape index (κ1) is 34.9. The standard InChI is InChI=1S/C26H49N5O12/c27-13-2-1-12(7-31-6-11(34)8-32)40-24(13)43-23-14(28)3-10(4-17(35)26(39)5-16(26)29)22(21(23)38)42-25-20(37)18(30)19(36)15(9-33)41-25/h10-16,18-25,31-34,36-39H,1-9,27-30H2/t10-,11?,12-,13+,14-,15+,16?,18-,19+,20+,21+,22-,23?,24+,25+,26?/m0/s1. The molecule has 2 saturated carbocycles. The van der Waals surface area contributed by atoms with E-state index in [1.165, 1.54) is 0 Å². The van der Waals surface area contributed by atoms with Crippen molar-refractivity contribution in [1.29, 1.82) is 0 Å². The number of hydrogen-bond donors (Lipinski definition) is 12. The number of carbonyl (C=O) groups is 1. The summed E-state index contributed by atoms with van der Waals surface area (Å²) in [5.41, 5.74) is 22.7. The van der Waals surface area contributed by atoms with Gasteiger partial charge >= 0.3 is 0 Å². The summed E-state index contributed by atoms with van der Waals surface area (Å²) in [4.78, 5) is 13.0. The molecule has 2 heterocycles. The Hall–Kier alpha value is -0.970. The van der Waals surface area contributed by atoms with Gasteiger partial charge in [0.1, 0.15) is 36.1 Å². The summed E-state index contributed by atoms with van der Waals surface area (Å²) in [7, 11) is 0. The number of ether oxygens (including phenoxy) is 4. The molecule has 2 aliphatic heterocycles. The smallest absolute Gasteiger partial charge is 0.186 e. The first-order valence-electron chi connectivity index (χ1n) is 14.8. The molecule has 0 radical (unpaired) electrons. The number of ketones is 1. The molecule has 4 rings (SSSR count). The number of rotatable bonds is 13. The topological polar surface area (TPSA) is 312 Å². The molecule has 0 aromatic carbocycles. The Bertz CT molecular complexity index is 924. The van der Waals surface area contributed by atoms with Gasteiger partial charge in [0, 0.05) is 38.0 Å². The van der Waals surface area contributed by atoms with Crippen LogP contribution in [0.1, 0.15) is 32.1 Å². The van der Waals surface area contributed by atoms with E-state index in [1.807, 2.05) is 0 Å². The second-order valence-electron chi connectivity index (χ2n) is 12.4. The zero-order valence-corrected chi connectivity index (χ0v) is 24.0. The van der Waals surface area contributed by atoms with Gasteiger partial charge in [0.25, 0.3) is 0 Å². The van der Waals surface area contributed by atoms with Crippen molar-refractivity contribution < 1.29 is 59.5 Å². The largest absolute Gasteiger partial charge is 0.394 e. The van der Waals surface area contributed by atoms with E-state index in [2.05, 4.69) is 5.32 Å². The quantitative estimate of drug-likeness (QED) is 0.0907. The fraction of sp³-hybridized carbons (Fsp3) is 0.962. The maximum atomic E-state index is 13.0. The molecule has 0 amide bonds. The van der Waals surface area contributed by atoms with E-state index >= 15 is 0 Å². The lowest BCUT2D eigenvalue weighted by molar-refractivity contribution is -0.318. The lowest BCUT2D eigenvalue weighted by Crippen LogP contribution is -2.66. The SMILES string of the molecule is NC1CC1(O)C(=O)C[C@@H]1C[C@H](N)C(O[C@H]2O[C@H](CNCC(O)CO)CC[C@H]2N)[C@H](O)[C@H]1O[C@H]1O[C@H](CO)[C@@H](O)[C@H](N)[C@H]1O. The van der Waals surface area contributed by atoms with Crippen LogP contribution in [0.15, 0.2) is 0 Å². The molecule has 16 atom stereocenters. The minimum atomic E-state index is -1.68. The lowest BCUT2D eigenvalue weighted by atomic mass is 9.76. The monoisotopic (exact) mass is 623 g/mol. The van der Waals surface area contributed by atoms with Crippen molar-refractivity contribution in [2.24, 2.45) is 28.9 Å². The van der Waals surface area contributed by atoms with Gasteiger partial charge < -0.3 is 82.9 Å². The molecule has 0 aromatic rings. The molecule has 43 heavy (non-hydrogen) atoms. The zero-order chi connectivity index (χ0) is 31.6. The number of nitrogens with one attached hydrogen (secondary N) is 1. The van der Waals surface area contributed by atoms with E-state index in [4.69, 9.17) is 47.0 Å². The summed E-state index contributed by atoms with van der Waals surface area (Å²) >= 11 is 0. The van der Waals surface area contributed by atoms with Crippen molar-refractivity contribution in [2.75, 3.05) is 26.3 Å². The lowest BCUT2D eigenvalue weighted by Gasteiger charge is -2.48. The number of hydrogen-bond acceptors (Lipinski definition) is 17. The Morgan fingerprint density at radius 2 is 1.63 bits per heavy atom. The van der Waals surface area contributed by atoms with Gasteiger partial charge in [-0.15, -0.1) is 0 Å². The Kier molecular flexibility index (Phi) is 11.9. The highest BCUT2D eigenvalue weighted by Crippen LogP contribution is 2.41. The third kappa shape index (κ3) is 7.89. The number of Topliss-reactive ketones (excluding diaryl/α,β-unsaturated/α-hetero) is 1. The highest BCUT2D eigenvalue weighted by Gasteiger charge is 2.58. The summed E-state index contributed by atoms with van der Waals surface area (Å²) in [5.74, 6) is -1.31. The molecule has 0 bridgehead atoms. The average molecular weight is 624 g/mol. The zero-order valence-electron chi connectivity index (χ0n) is 24.0. The molecule has 2 aliphatic carbocycles. The van der Waals surface area contributed by atoms with Crippen molar-refractivity contribution >= 4 is 5.78 Å². The van der Waals surface area contributed by atoms with E-state index < -0.39 is 103 Å². The maximum Gasteiger partial charge on any atom is 0.186 e. The molecule has 17 heteroatoms. The summed E-state index contributed by atoms with van der Waals surface area (Å²) in [6.07, 6.45) is -10.6. The van der Waals surface area contributed by atoms with Crippen LogP contribution < -0.4 is 28.3 Å². The van der Waals surface area contributed by atoms with E-state index in [1.54, 1.807) is 0 Å². The highest BCUT2D eigenvalue weighted by atomic mass is 16.7. The van der Waals surface area contributed by atoms with Crippen LogP contribution >= 0.6 is 0 Å². The molecule has 4 unspecified atom stereocenters. The van der Waals surface area contributed by atoms with Crippen LogP contribution in [-0.4, -0.2) is 159 Å². The van der Waals surface area contributed by atoms with Gasteiger partial charge in [-0.3, -0.25) is 4.79 Å². The van der Waals surface area contributed by atoms with Gasteiger partial charge in [-0.2, -0.15) is 0 Å². The van der Waals surface area contributed by atoms with Crippen LogP contribution in [0.4, 0.5) is 0 Å². The fourth-order valence-electron chi connectivity index (χ4n) is 6.09. The van der Waals surface area contributed by atoms with Gasteiger partial charge in [-0.05, 0) is 25.2 Å². The normalized spacial score (nSPS) is 47.7. The second kappa shape index (κ2) is 14.6. The Morgan fingerprint density at radius 1 is 0.953 bits per heavy atom. The van der Waals surface area contributed by atoms with Crippen molar-refractivity contribution in [3.63, 3.8) is 0 Å². The molecule has 16 N–H and O–H groups in total. The number of carbonyl (C=O) groups excluding carboxylic acids is 1. The van der Waals surface area contributed by atoms with Crippen molar-refractivity contribution in [2.45, 2.75) is 123 Å². The minimum absolute atomic E-state index is 0.0936. The van der Waals surface area contributed by atoms with E-state index in [0.717, 1.165) is 0 Å². The molecular weight excluding hydrogens is 574 g/mol. The predicted molar refractivity (Wildman–Crippen MR) is 147 cm³/mol. The van der Waals surface area contributed by atoms with Crippen LogP contribution in [0.3, 0.4) is 0 Å². The Labute approximate surface area is 249 Å². The van der Waals surface area contributed by atoms with E-state index in [-0.39, 0.29) is 38.5 Å². The first-order valence-corrected chi connectivity index (χ1v) is 14.8. The van der Waals surface area contributed by atoms with Crippen LogP contribution in [0.5, 0.6) is 0 Å². The van der Waals surface area contributed by atoms with Crippen LogP contribution in [0.2, 0.25) is 0 Å². The number of aliphatic hydroxyl groups excluding tert-OH is 6. The molecule has 250 valence electrons. The first-order chi connectivity index (χ1) is 20.3. The minimum Gasteiger partial charge on any atom is -0.394 e. The van der Waals surface area contributed by atoms with Crippen molar-refractivity contribution in [3.05, 3.63) is 0 Å². The molecule has 0 spiro atoms. The van der Waals surface area contributed by atoms with Crippen LogP contribution in [0, 0.1) is 5.92 Å². The molecular formula is C26H49N5O12. The van der Waals surface area contributed by atoms with Crippen molar-refractivity contribution in [3.8, 4) is 0 Å². The van der Waals surface area contributed by atoms with Gasteiger partial charge in [0.15, 0.2) is 18.4 Å². The van der Waals surface area contributed by atoms with Gasteiger partial charge in [-0.1, -0.05) is 0 Å². The van der Waals surface area contributed by atoms with E-state index in [0.29, 0.717) is 19.4 Å². The van der Waals surface area contributed by atoms with Crippen molar-refractivity contribution in [1.82, 2.24) is 5.32 Å². The molecule has 4 fully saturated rings.